The molecule has 3 N–H and O–H groups in total. The number of fused-ring (bicyclic) bond motifs is 1. The molecule has 0 amide bonds. The number of benzene rings is 3. The molecule has 0 fully saturated rings. The van der Waals surface area contributed by atoms with Crippen molar-refractivity contribution in [3.63, 3.8) is 0 Å². The van der Waals surface area contributed by atoms with E-state index in [1.165, 1.54) is 30.6 Å². The SMILES string of the molecule is NC1(c2cccc(F)c2OCc2ccccc2)N=CNc2ccc(-c3nnc(C(F)(F)F)o3)cc21. The summed E-state index contributed by atoms with van der Waals surface area (Å²) < 4.78 is 64.3. The number of nitrogens with zero attached hydrogens (tertiary/aromatic N) is 3. The maximum absolute atomic E-state index is 14.9. The first-order chi connectivity index (χ1) is 16.8. The highest BCUT2D eigenvalue weighted by atomic mass is 19.4. The van der Waals surface area contributed by atoms with Gasteiger partial charge in [0.25, 0.3) is 0 Å². The smallest absolute Gasteiger partial charge is 0.470 e. The number of hydrogen-bond acceptors (Lipinski definition) is 7. The molecule has 1 aromatic heterocycles. The lowest BCUT2D eigenvalue weighted by Crippen LogP contribution is -2.40. The highest BCUT2D eigenvalue weighted by Crippen LogP contribution is 2.42. The first-order valence-electron chi connectivity index (χ1n) is 10.4. The van der Waals surface area contributed by atoms with Crippen LogP contribution in [-0.4, -0.2) is 16.5 Å². The Morgan fingerprint density at radius 2 is 1.77 bits per heavy atom. The summed E-state index contributed by atoms with van der Waals surface area (Å²) in [5, 5.41) is 9.49. The quantitative estimate of drug-likeness (QED) is 0.384. The van der Waals surface area contributed by atoms with Crippen LogP contribution in [-0.2, 0) is 18.4 Å². The van der Waals surface area contributed by atoms with E-state index in [1.54, 1.807) is 12.1 Å². The van der Waals surface area contributed by atoms with Crippen LogP contribution in [0.1, 0.15) is 22.6 Å². The second kappa shape index (κ2) is 8.51. The molecule has 0 radical (unpaired) electrons. The molecule has 2 heterocycles. The predicted molar refractivity (Wildman–Crippen MR) is 119 cm³/mol. The van der Waals surface area contributed by atoms with Gasteiger partial charge < -0.3 is 14.5 Å². The van der Waals surface area contributed by atoms with Gasteiger partial charge in [0.05, 0.1) is 6.34 Å². The van der Waals surface area contributed by atoms with Gasteiger partial charge in [0.1, 0.15) is 6.61 Å². The molecule has 1 aliphatic rings. The van der Waals surface area contributed by atoms with Crippen LogP contribution in [0, 0.1) is 5.82 Å². The summed E-state index contributed by atoms with van der Waals surface area (Å²) in [4.78, 5) is 4.36. The summed E-state index contributed by atoms with van der Waals surface area (Å²) >= 11 is 0. The second-order valence-corrected chi connectivity index (χ2v) is 7.73. The van der Waals surface area contributed by atoms with Gasteiger partial charge in [-0.3, -0.25) is 5.73 Å². The van der Waals surface area contributed by atoms with Crippen molar-refractivity contribution in [2.24, 2.45) is 10.7 Å². The number of nitrogens with two attached hydrogens (primary N) is 1. The molecule has 5 rings (SSSR count). The van der Waals surface area contributed by atoms with Crippen LogP contribution < -0.4 is 15.8 Å². The third kappa shape index (κ3) is 4.21. The van der Waals surface area contributed by atoms with Crippen LogP contribution in [0.4, 0.5) is 23.2 Å². The molecule has 1 unspecified atom stereocenters. The molecule has 0 bridgehead atoms. The first kappa shape index (κ1) is 22.5. The summed E-state index contributed by atoms with van der Waals surface area (Å²) in [7, 11) is 0. The van der Waals surface area contributed by atoms with Crippen LogP contribution in [0.2, 0.25) is 0 Å². The van der Waals surface area contributed by atoms with Crippen molar-refractivity contribution in [1.82, 2.24) is 10.2 Å². The Labute approximate surface area is 196 Å². The van der Waals surface area contributed by atoms with E-state index in [-0.39, 0.29) is 29.4 Å². The van der Waals surface area contributed by atoms with Crippen LogP contribution in [0.25, 0.3) is 11.5 Å². The Kier molecular flexibility index (Phi) is 5.48. The Morgan fingerprint density at radius 1 is 0.971 bits per heavy atom. The molecule has 0 saturated heterocycles. The van der Waals surface area contributed by atoms with Crippen molar-refractivity contribution in [2.75, 3.05) is 5.32 Å². The Morgan fingerprint density at radius 3 is 2.51 bits per heavy atom. The van der Waals surface area contributed by atoms with Crippen molar-refractivity contribution in [3.8, 4) is 17.2 Å². The minimum atomic E-state index is -4.78. The van der Waals surface area contributed by atoms with Crippen LogP contribution in [0.15, 0.2) is 76.1 Å². The molecule has 0 saturated carbocycles. The van der Waals surface area contributed by atoms with E-state index in [4.69, 9.17) is 14.9 Å². The highest BCUT2D eigenvalue weighted by Gasteiger charge is 2.40. The minimum Gasteiger partial charge on any atom is -0.485 e. The van der Waals surface area contributed by atoms with Crippen LogP contribution >= 0.6 is 0 Å². The molecular formula is C24H17F4N5O2. The normalized spacial score (nSPS) is 17.1. The molecule has 0 spiro atoms. The Bertz CT molecular complexity index is 1400. The van der Waals surface area contributed by atoms with Gasteiger partial charge in [0.15, 0.2) is 17.2 Å². The number of rotatable bonds is 5. The lowest BCUT2D eigenvalue weighted by molar-refractivity contribution is -0.156. The standard InChI is InChI=1S/C24H17F4N5O2/c25-18-8-4-7-16(20(18)34-12-14-5-2-1-3-6-14)23(29)17-11-15(9-10-19(17)30-13-31-23)21-32-33-22(35-21)24(26,27)28/h1-11,13H,12,29H2,(H,30,31). The fraction of sp³-hybridized carbons (Fsp3) is 0.125. The number of aromatic nitrogens is 2. The van der Waals surface area contributed by atoms with E-state index < -0.39 is 23.5 Å². The monoisotopic (exact) mass is 483 g/mol. The summed E-state index contributed by atoms with van der Waals surface area (Å²) in [6.45, 7) is 0.0852. The van der Waals surface area contributed by atoms with E-state index in [1.807, 2.05) is 30.3 Å². The molecule has 4 aromatic rings. The fourth-order valence-electron chi connectivity index (χ4n) is 3.75. The Balaban J connectivity index is 1.56. The zero-order valence-corrected chi connectivity index (χ0v) is 17.9. The van der Waals surface area contributed by atoms with Gasteiger partial charge >= 0.3 is 12.1 Å². The van der Waals surface area contributed by atoms with Crippen molar-refractivity contribution < 1.29 is 26.7 Å². The van der Waals surface area contributed by atoms with Gasteiger partial charge in [-0.1, -0.05) is 42.5 Å². The predicted octanol–water partition coefficient (Wildman–Crippen LogP) is 5.09. The molecule has 0 aliphatic carbocycles. The topological polar surface area (TPSA) is 98.6 Å². The molecule has 11 heteroatoms. The van der Waals surface area contributed by atoms with E-state index in [0.29, 0.717) is 11.3 Å². The lowest BCUT2D eigenvalue weighted by Gasteiger charge is -2.33. The van der Waals surface area contributed by atoms with Gasteiger partial charge in [0, 0.05) is 22.4 Å². The summed E-state index contributed by atoms with van der Waals surface area (Å²) in [6.07, 6.45) is -3.42. The third-order valence-electron chi connectivity index (χ3n) is 5.44. The largest absolute Gasteiger partial charge is 0.485 e. The van der Waals surface area contributed by atoms with Crippen molar-refractivity contribution in [3.05, 3.63) is 95.1 Å². The number of nitrogens with one attached hydrogen (secondary N) is 1. The van der Waals surface area contributed by atoms with Gasteiger partial charge in [-0.25, -0.2) is 9.38 Å². The van der Waals surface area contributed by atoms with Crippen LogP contribution in [0.3, 0.4) is 0 Å². The lowest BCUT2D eigenvalue weighted by atomic mass is 9.88. The molecule has 1 atom stereocenters. The summed E-state index contributed by atoms with van der Waals surface area (Å²) in [5.41, 5.74) is 7.19. The first-order valence-corrected chi connectivity index (χ1v) is 10.4. The maximum atomic E-state index is 14.9. The van der Waals surface area contributed by atoms with E-state index in [9.17, 15) is 17.6 Å². The average molecular weight is 483 g/mol. The number of aliphatic imine (C=N–C) groups is 1. The number of anilines is 1. The fourth-order valence-corrected chi connectivity index (χ4v) is 3.75. The molecule has 7 nitrogen and oxygen atoms in total. The van der Waals surface area contributed by atoms with Gasteiger partial charge in [-0.2, -0.15) is 13.2 Å². The zero-order chi connectivity index (χ0) is 24.6. The number of hydrogen-bond donors (Lipinski definition) is 2. The van der Waals surface area contributed by atoms with E-state index in [2.05, 4.69) is 20.5 Å². The van der Waals surface area contributed by atoms with Gasteiger partial charge in [0.2, 0.25) is 5.89 Å². The molecule has 3 aromatic carbocycles. The van der Waals surface area contributed by atoms with Crippen LogP contribution in [0.5, 0.6) is 5.75 Å². The molecule has 35 heavy (non-hydrogen) atoms. The second-order valence-electron chi connectivity index (χ2n) is 7.73. The number of ether oxygens (including phenoxy) is 1. The summed E-state index contributed by atoms with van der Waals surface area (Å²) in [5.74, 6) is -2.55. The van der Waals surface area contributed by atoms with Crippen molar-refractivity contribution >= 4 is 12.0 Å². The van der Waals surface area contributed by atoms with E-state index >= 15 is 0 Å². The molecule has 178 valence electrons. The molecule has 1 aliphatic heterocycles. The number of alkyl halides is 3. The van der Waals surface area contributed by atoms with Crippen molar-refractivity contribution in [1.29, 1.82) is 0 Å². The average Bonchev–Trinajstić information content (AvgIpc) is 3.35. The maximum Gasteiger partial charge on any atom is 0.470 e. The van der Waals surface area contributed by atoms with Gasteiger partial charge in [-0.15, -0.1) is 10.2 Å². The zero-order valence-electron chi connectivity index (χ0n) is 17.9. The summed E-state index contributed by atoms with van der Waals surface area (Å²) in [6, 6.07) is 18.0. The van der Waals surface area contributed by atoms with Crippen molar-refractivity contribution in [2.45, 2.75) is 18.4 Å². The van der Waals surface area contributed by atoms with Gasteiger partial charge in [-0.05, 0) is 29.8 Å². The number of halogens is 4. The highest BCUT2D eigenvalue weighted by molar-refractivity contribution is 5.84. The number of para-hydroxylation sites is 1. The van der Waals surface area contributed by atoms with E-state index in [0.717, 1.165) is 5.56 Å². The minimum absolute atomic E-state index is 0.0852. The molecular weight excluding hydrogens is 466 g/mol. The Hall–Kier alpha value is -4.25. The third-order valence-corrected chi connectivity index (χ3v) is 5.44.